The monoisotopic (exact) mass is 243 g/mol. The number of benzene rings is 1. The Labute approximate surface area is 96.7 Å². The Morgan fingerprint density at radius 2 is 2.31 bits per heavy atom. The number of hydrogen-bond acceptors (Lipinski definition) is 4. The number of nitrogens with two attached hydrogens (primary N) is 1. The number of aliphatic carboxylic acids is 1. The van der Waals surface area contributed by atoms with Crippen LogP contribution in [0.4, 0.5) is 0 Å². The summed E-state index contributed by atoms with van der Waals surface area (Å²) in [4.78, 5) is 10.8. The van der Waals surface area contributed by atoms with E-state index in [2.05, 4.69) is 0 Å². The fourth-order valence-electron chi connectivity index (χ4n) is 1.57. The molecule has 0 saturated heterocycles. The molecule has 1 atom stereocenters. The number of halogens is 1. The van der Waals surface area contributed by atoms with Gasteiger partial charge < -0.3 is 20.3 Å². The first-order valence-corrected chi connectivity index (χ1v) is 4.98. The maximum Gasteiger partial charge on any atom is 0.325 e. The zero-order chi connectivity index (χ0) is 11.7. The standard InChI is InChI=1S/C10H10ClNO4/c11-6-1-5-3-15-4-16-9(5)7(2-6)8(12)10(13)14/h1-2,8H,3-4,12H2,(H,13,14). The van der Waals surface area contributed by atoms with Crippen LogP contribution in [0.5, 0.6) is 5.75 Å². The molecule has 0 aliphatic carbocycles. The molecule has 1 unspecified atom stereocenters. The second-order valence-corrected chi connectivity index (χ2v) is 3.85. The number of carbonyl (C=O) groups is 1. The number of ether oxygens (including phenoxy) is 2. The van der Waals surface area contributed by atoms with E-state index in [-0.39, 0.29) is 6.79 Å². The van der Waals surface area contributed by atoms with Crippen LogP contribution in [0.1, 0.15) is 17.2 Å². The highest BCUT2D eigenvalue weighted by Gasteiger charge is 2.24. The lowest BCUT2D eigenvalue weighted by atomic mass is 10.0. The van der Waals surface area contributed by atoms with Gasteiger partial charge in [-0.1, -0.05) is 11.6 Å². The first-order chi connectivity index (χ1) is 7.59. The lowest BCUT2D eigenvalue weighted by Crippen LogP contribution is -2.23. The third-order valence-corrected chi connectivity index (χ3v) is 2.52. The Balaban J connectivity index is 2.51. The quantitative estimate of drug-likeness (QED) is 0.818. The van der Waals surface area contributed by atoms with Gasteiger partial charge in [0.25, 0.3) is 0 Å². The number of fused-ring (bicyclic) bond motifs is 1. The predicted octanol–water partition coefficient (Wildman–Crippen LogP) is 1.29. The molecular formula is C10H10ClNO4. The molecule has 5 nitrogen and oxygen atoms in total. The minimum Gasteiger partial charge on any atom is -0.480 e. The van der Waals surface area contributed by atoms with Gasteiger partial charge in [0.1, 0.15) is 11.8 Å². The number of carboxylic acid groups (broad SMARTS) is 1. The normalized spacial score (nSPS) is 16.1. The highest BCUT2D eigenvalue weighted by atomic mass is 35.5. The van der Waals surface area contributed by atoms with Crippen LogP contribution in [0, 0.1) is 0 Å². The maximum atomic E-state index is 10.8. The summed E-state index contributed by atoms with van der Waals surface area (Å²) in [5.74, 6) is -0.662. The van der Waals surface area contributed by atoms with Gasteiger partial charge in [-0.25, -0.2) is 0 Å². The van der Waals surface area contributed by atoms with Crippen molar-refractivity contribution >= 4 is 17.6 Å². The maximum absolute atomic E-state index is 10.8. The average Bonchev–Trinajstić information content (AvgIpc) is 2.26. The molecule has 1 aliphatic heterocycles. The van der Waals surface area contributed by atoms with Gasteiger partial charge in [0.15, 0.2) is 6.79 Å². The zero-order valence-electron chi connectivity index (χ0n) is 8.27. The van der Waals surface area contributed by atoms with Crippen molar-refractivity contribution in [1.82, 2.24) is 0 Å². The average molecular weight is 244 g/mol. The first-order valence-electron chi connectivity index (χ1n) is 4.61. The van der Waals surface area contributed by atoms with Gasteiger partial charge in [0, 0.05) is 16.1 Å². The third-order valence-electron chi connectivity index (χ3n) is 2.30. The van der Waals surface area contributed by atoms with E-state index in [1.165, 1.54) is 6.07 Å². The number of carboxylic acids is 1. The largest absolute Gasteiger partial charge is 0.480 e. The molecule has 2 rings (SSSR count). The van der Waals surface area contributed by atoms with Crippen LogP contribution in [0.3, 0.4) is 0 Å². The summed E-state index contributed by atoms with van der Waals surface area (Å²) in [6.45, 7) is 0.434. The molecule has 0 saturated carbocycles. The van der Waals surface area contributed by atoms with E-state index in [1.54, 1.807) is 6.07 Å². The topological polar surface area (TPSA) is 81.8 Å². The van der Waals surface area contributed by atoms with E-state index < -0.39 is 12.0 Å². The van der Waals surface area contributed by atoms with Crippen molar-refractivity contribution in [2.45, 2.75) is 12.6 Å². The van der Waals surface area contributed by atoms with E-state index in [0.29, 0.717) is 28.5 Å². The van der Waals surface area contributed by atoms with Crippen molar-refractivity contribution in [2.75, 3.05) is 6.79 Å². The SMILES string of the molecule is NC(C(=O)O)c1cc(Cl)cc2c1OCOC2. The summed E-state index contributed by atoms with van der Waals surface area (Å²) < 4.78 is 10.3. The van der Waals surface area contributed by atoms with Crippen molar-refractivity contribution in [3.8, 4) is 5.75 Å². The Bertz CT molecular complexity index is 435. The predicted molar refractivity (Wildman–Crippen MR) is 56.3 cm³/mol. The molecule has 0 aromatic heterocycles. The highest BCUT2D eigenvalue weighted by Crippen LogP contribution is 2.34. The summed E-state index contributed by atoms with van der Waals surface area (Å²) in [7, 11) is 0. The molecule has 3 N–H and O–H groups in total. The van der Waals surface area contributed by atoms with Gasteiger partial charge in [-0.05, 0) is 12.1 Å². The molecule has 0 radical (unpaired) electrons. The summed E-state index contributed by atoms with van der Waals surface area (Å²) in [6.07, 6.45) is 0. The summed E-state index contributed by atoms with van der Waals surface area (Å²) in [5.41, 5.74) is 6.64. The molecule has 0 amide bonds. The molecule has 1 aliphatic rings. The molecule has 1 heterocycles. The lowest BCUT2D eigenvalue weighted by Gasteiger charge is -2.22. The Morgan fingerprint density at radius 3 is 3.00 bits per heavy atom. The van der Waals surface area contributed by atoms with Crippen LogP contribution in [0.25, 0.3) is 0 Å². The molecular weight excluding hydrogens is 234 g/mol. The smallest absolute Gasteiger partial charge is 0.325 e. The highest BCUT2D eigenvalue weighted by molar-refractivity contribution is 6.30. The van der Waals surface area contributed by atoms with Gasteiger partial charge in [-0.3, -0.25) is 4.79 Å². The van der Waals surface area contributed by atoms with E-state index in [4.69, 9.17) is 31.9 Å². The second-order valence-electron chi connectivity index (χ2n) is 3.41. The molecule has 0 spiro atoms. The van der Waals surface area contributed by atoms with E-state index in [9.17, 15) is 4.79 Å². The molecule has 0 bridgehead atoms. The Kier molecular flexibility index (Phi) is 3.00. The summed E-state index contributed by atoms with van der Waals surface area (Å²) in [6, 6.07) is 2.03. The third kappa shape index (κ3) is 1.97. The first kappa shape index (κ1) is 11.2. The zero-order valence-corrected chi connectivity index (χ0v) is 9.03. The van der Waals surface area contributed by atoms with Gasteiger partial charge in [0.05, 0.1) is 6.61 Å². The molecule has 1 aromatic rings. The second kappa shape index (κ2) is 4.29. The Hall–Kier alpha value is -1.30. The van der Waals surface area contributed by atoms with Crippen molar-refractivity contribution in [3.63, 3.8) is 0 Å². The molecule has 1 aromatic carbocycles. The number of rotatable bonds is 2. The minimum absolute atomic E-state index is 0.0912. The van der Waals surface area contributed by atoms with Gasteiger partial charge in [-0.2, -0.15) is 0 Å². The van der Waals surface area contributed by atoms with Crippen LogP contribution >= 0.6 is 11.6 Å². The Morgan fingerprint density at radius 1 is 1.56 bits per heavy atom. The minimum atomic E-state index is -1.15. The van der Waals surface area contributed by atoms with Crippen LogP contribution in [-0.4, -0.2) is 17.9 Å². The van der Waals surface area contributed by atoms with Gasteiger partial charge >= 0.3 is 5.97 Å². The molecule has 16 heavy (non-hydrogen) atoms. The molecule has 86 valence electrons. The van der Waals surface area contributed by atoms with E-state index in [0.717, 1.165) is 0 Å². The van der Waals surface area contributed by atoms with Crippen molar-refractivity contribution in [2.24, 2.45) is 5.73 Å². The van der Waals surface area contributed by atoms with Crippen LogP contribution < -0.4 is 10.5 Å². The van der Waals surface area contributed by atoms with E-state index >= 15 is 0 Å². The molecule has 0 fully saturated rings. The van der Waals surface area contributed by atoms with Crippen molar-refractivity contribution in [3.05, 3.63) is 28.3 Å². The van der Waals surface area contributed by atoms with Crippen molar-refractivity contribution in [1.29, 1.82) is 0 Å². The van der Waals surface area contributed by atoms with Gasteiger partial charge in [0.2, 0.25) is 0 Å². The number of hydrogen-bond donors (Lipinski definition) is 2. The summed E-state index contributed by atoms with van der Waals surface area (Å²) >= 11 is 5.87. The fourth-order valence-corrected chi connectivity index (χ4v) is 1.82. The lowest BCUT2D eigenvalue weighted by molar-refractivity contribution is -0.138. The van der Waals surface area contributed by atoms with Crippen LogP contribution in [0.15, 0.2) is 12.1 Å². The van der Waals surface area contributed by atoms with Crippen molar-refractivity contribution < 1.29 is 19.4 Å². The fraction of sp³-hybridized carbons (Fsp3) is 0.300. The van der Waals surface area contributed by atoms with Crippen LogP contribution in [0.2, 0.25) is 5.02 Å². The molecule has 6 heteroatoms. The van der Waals surface area contributed by atoms with Gasteiger partial charge in [-0.15, -0.1) is 0 Å². The van der Waals surface area contributed by atoms with E-state index in [1.807, 2.05) is 0 Å². The summed E-state index contributed by atoms with van der Waals surface area (Å²) in [5, 5.41) is 9.29. The van der Waals surface area contributed by atoms with Crippen LogP contribution in [-0.2, 0) is 16.1 Å².